The van der Waals surface area contributed by atoms with Gasteiger partial charge in [0.15, 0.2) is 0 Å². The van der Waals surface area contributed by atoms with E-state index in [4.69, 9.17) is 11.5 Å². The van der Waals surface area contributed by atoms with Crippen LogP contribution in [0.25, 0.3) is 0 Å². The molecule has 0 aromatic heterocycles. The summed E-state index contributed by atoms with van der Waals surface area (Å²) in [6.07, 6.45) is 7.52. The summed E-state index contributed by atoms with van der Waals surface area (Å²) in [7, 11) is 0. The van der Waals surface area contributed by atoms with Crippen molar-refractivity contribution in [3.05, 3.63) is 24.3 Å². The number of amides is 1. The molecule has 3 heteroatoms. The van der Waals surface area contributed by atoms with Crippen LogP contribution in [-0.2, 0) is 4.79 Å². The molecule has 0 heterocycles. The summed E-state index contributed by atoms with van der Waals surface area (Å²) in [4.78, 5) is 10.7. The van der Waals surface area contributed by atoms with Crippen molar-refractivity contribution in [2.75, 3.05) is 0 Å². The average molecular weight is 138 g/mol. The van der Waals surface area contributed by atoms with Crippen LogP contribution < -0.4 is 11.5 Å². The van der Waals surface area contributed by atoms with Crippen molar-refractivity contribution in [2.24, 2.45) is 11.5 Å². The predicted molar refractivity (Wildman–Crippen MR) is 39.0 cm³/mol. The van der Waals surface area contributed by atoms with Crippen molar-refractivity contribution in [1.82, 2.24) is 0 Å². The predicted octanol–water partition coefficient (Wildman–Crippen LogP) is -0.315. The smallest absolute Gasteiger partial charge is 0.241 e. The number of hydrogen-bond donors (Lipinski definition) is 2. The van der Waals surface area contributed by atoms with Gasteiger partial charge < -0.3 is 11.5 Å². The number of carbonyl (C=O) groups is 1. The van der Waals surface area contributed by atoms with Gasteiger partial charge in [0.05, 0.1) is 0 Å². The van der Waals surface area contributed by atoms with Crippen molar-refractivity contribution in [3.8, 4) is 0 Å². The van der Waals surface area contributed by atoms with Crippen LogP contribution in [0.15, 0.2) is 24.3 Å². The molecule has 0 saturated carbocycles. The molecule has 10 heavy (non-hydrogen) atoms. The van der Waals surface area contributed by atoms with Gasteiger partial charge in [0, 0.05) is 0 Å². The van der Waals surface area contributed by atoms with Gasteiger partial charge >= 0.3 is 0 Å². The summed E-state index contributed by atoms with van der Waals surface area (Å²) in [6, 6.07) is 0. The quantitative estimate of drug-likeness (QED) is 0.521. The lowest BCUT2D eigenvalue weighted by Crippen LogP contribution is -2.50. The first kappa shape index (κ1) is 7.02. The second-order valence-corrected chi connectivity index (χ2v) is 2.40. The van der Waals surface area contributed by atoms with Crippen LogP contribution >= 0.6 is 0 Å². The van der Waals surface area contributed by atoms with Crippen molar-refractivity contribution in [3.63, 3.8) is 0 Å². The summed E-state index contributed by atoms with van der Waals surface area (Å²) >= 11 is 0. The average Bonchev–Trinajstić information content (AvgIpc) is 1.89. The molecule has 3 nitrogen and oxygen atoms in total. The summed E-state index contributed by atoms with van der Waals surface area (Å²) in [5.41, 5.74) is 9.69. The zero-order valence-electron chi connectivity index (χ0n) is 5.58. The Balaban J connectivity index is 2.80. The zero-order valence-corrected chi connectivity index (χ0v) is 5.58. The summed E-state index contributed by atoms with van der Waals surface area (Å²) in [5.74, 6) is -0.479. The molecule has 54 valence electrons. The molecule has 1 aliphatic carbocycles. The highest BCUT2D eigenvalue weighted by Gasteiger charge is 2.27. The van der Waals surface area contributed by atoms with Gasteiger partial charge in [-0.2, -0.15) is 0 Å². The number of primary amides is 1. The fourth-order valence-electron chi connectivity index (χ4n) is 0.820. The molecular formula is C7H10N2O. The first-order valence-electron chi connectivity index (χ1n) is 3.08. The number of nitrogens with two attached hydrogens (primary N) is 2. The van der Waals surface area contributed by atoms with Crippen LogP contribution in [-0.4, -0.2) is 11.4 Å². The molecule has 0 aromatic carbocycles. The third-order valence-corrected chi connectivity index (χ3v) is 1.56. The van der Waals surface area contributed by atoms with E-state index in [9.17, 15) is 4.79 Å². The Bertz CT molecular complexity index is 208. The molecular weight excluding hydrogens is 128 g/mol. The number of allylic oxidation sites excluding steroid dienone is 2. The summed E-state index contributed by atoms with van der Waals surface area (Å²) in [5, 5.41) is 0. The standard InChI is InChI=1S/C7H10N2O/c8-6(10)7(9)4-2-1-3-5-7/h1-4H,5,9H2,(H2,8,10). The monoisotopic (exact) mass is 138 g/mol. The fraction of sp³-hybridized carbons (Fsp3) is 0.286. The van der Waals surface area contributed by atoms with Crippen LogP contribution in [0.4, 0.5) is 0 Å². The lowest BCUT2D eigenvalue weighted by atomic mass is 9.92. The van der Waals surface area contributed by atoms with Crippen LogP contribution in [0.5, 0.6) is 0 Å². The normalized spacial score (nSPS) is 30.5. The maximum Gasteiger partial charge on any atom is 0.241 e. The van der Waals surface area contributed by atoms with Crippen molar-refractivity contribution in [2.45, 2.75) is 12.0 Å². The highest BCUT2D eigenvalue weighted by Crippen LogP contribution is 2.12. The van der Waals surface area contributed by atoms with Gasteiger partial charge in [-0.3, -0.25) is 4.79 Å². The minimum Gasteiger partial charge on any atom is -0.368 e. The molecule has 0 aliphatic heterocycles. The number of hydrogen-bond acceptors (Lipinski definition) is 2. The van der Waals surface area contributed by atoms with E-state index in [2.05, 4.69) is 0 Å². The van der Waals surface area contributed by atoms with E-state index in [0.29, 0.717) is 6.42 Å². The molecule has 0 radical (unpaired) electrons. The van der Waals surface area contributed by atoms with Gasteiger partial charge in [-0.05, 0) is 6.42 Å². The SMILES string of the molecule is NC(=O)C1(N)C=CC=CC1. The number of rotatable bonds is 1. The maximum absolute atomic E-state index is 10.7. The third-order valence-electron chi connectivity index (χ3n) is 1.56. The van der Waals surface area contributed by atoms with Gasteiger partial charge in [0.2, 0.25) is 5.91 Å². The minimum absolute atomic E-state index is 0.479. The van der Waals surface area contributed by atoms with Crippen molar-refractivity contribution >= 4 is 5.91 Å². The molecule has 1 rings (SSSR count). The Kier molecular flexibility index (Phi) is 1.59. The summed E-state index contributed by atoms with van der Waals surface area (Å²) in [6.45, 7) is 0. The number of carbonyl (C=O) groups excluding carboxylic acids is 1. The molecule has 0 saturated heterocycles. The van der Waals surface area contributed by atoms with E-state index in [1.54, 1.807) is 12.2 Å². The van der Waals surface area contributed by atoms with Crippen molar-refractivity contribution in [1.29, 1.82) is 0 Å². The molecule has 0 bridgehead atoms. The first-order chi connectivity index (χ1) is 4.65. The molecule has 0 fully saturated rings. The lowest BCUT2D eigenvalue weighted by molar-refractivity contribution is -0.121. The third kappa shape index (κ3) is 1.09. The Morgan fingerprint density at radius 1 is 1.50 bits per heavy atom. The second kappa shape index (κ2) is 2.27. The van der Waals surface area contributed by atoms with E-state index < -0.39 is 11.4 Å². The van der Waals surface area contributed by atoms with Crippen LogP contribution in [0.1, 0.15) is 6.42 Å². The minimum atomic E-state index is -0.950. The van der Waals surface area contributed by atoms with Gasteiger partial charge in [0.1, 0.15) is 5.54 Å². The summed E-state index contributed by atoms with van der Waals surface area (Å²) < 4.78 is 0. The van der Waals surface area contributed by atoms with E-state index >= 15 is 0 Å². The highest BCUT2D eigenvalue weighted by molar-refractivity contribution is 5.87. The Labute approximate surface area is 59.4 Å². The Hall–Kier alpha value is -1.09. The molecule has 1 amide bonds. The van der Waals surface area contributed by atoms with Gasteiger partial charge in [0.25, 0.3) is 0 Å². The van der Waals surface area contributed by atoms with E-state index in [1.807, 2.05) is 12.2 Å². The maximum atomic E-state index is 10.7. The van der Waals surface area contributed by atoms with Gasteiger partial charge in [-0.1, -0.05) is 24.3 Å². The molecule has 1 aliphatic rings. The highest BCUT2D eigenvalue weighted by atomic mass is 16.1. The van der Waals surface area contributed by atoms with Crippen molar-refractivity contribution < 1.29 is 4.79 Å². The molecule has 4 N–H and O–H groups in total. The molecule has 1 unspecified atom stereocenters. The van der Waals surface area contributed by atoms with Crippen LogP contribution in [0.2, 0.25) is 0 Å². The van der Waals surface area contributed by atoms with Crippen LogP contribution in [0, 0.1) is 0 Å². The van der Waals surface area contributed by atoms with E-state index in [-0.39, 0.29) is 0 Å². The molecule has 0 spiro atoms. The lowest BCUT2D eigenvalue weighted by Gasteiger charge is -2.21. The molecule has 0 aromatic rings. The Morgan fingerprint density at radius 2 is 2.20 bits per heavy atom. The Morgan fingerprint density at radius 3 is 2.50 bits per heavy atom. The van der Waals surface area contributed by atoms with Crippen LogP contribution in [0.3, 0.4) is 0 Å². The molecule has 1 atom stereocenters. The van der Waals surface area contributed by atoms with Gasteiger partial charge in [-0.25, -0.2) is 0 Å². The zero-order chi connectivity index (χ0) is 7.61. The first-order valence-corrected chi connectivity index (χ1v) is 3.08. The van der Waals surface area contributed by atoms with Gasteiger partial charge in [-0.15, -0.1) is 0 Å². The largest absolute Gasteiger partial charge is 0.368 e. The van der Waals surface area contributed by atoms with E-state index in [1.165, 1.54) is 0 Å². The second-order valence-electron chi connectivity index (χ2n) is 2.40. The van der Waals surface area contributed by atoms with E-state index in [0.717, 1.165) is 0 Å². The topological polar surface area (TPSA) is 69.1 Å². The fourth-order valence-corrected chi connectivity index (χ4v) is 0.820.